The van der Waals surface area contributed by atoms with Gasteiger partial charge in [-0.25, -0.2) is 0 Å². The zero-order chi connectivity index (χ0) is 17.1. The molecule has 0 bridgehead atoms. The Morgan fingerprint density at radius 2 is 2.09 bits per heavy atom. The molecule has 0 saturated carbocycles. The van der Waals surface area contributed by atoms with Crippen LogP contribution in [0.15, 0.2) is 4.99 Å². The highest BCUT2D eigenvalue weighted by molar-refractivity contribution is 5.79. The fourth-order valence-electron chi connectivity index (χ4n) is 3.22. The number of aliphatic imine (C=N–C) groups is 1. The lowest BCUT2D eigenvalue weighted by atomic mass is 9.98. The number of likely N-dealkylation sites (tertiary alicyclic amines) is 1. The molecule has 1 aliphatic heterocycles. The smallest absolute Gasteiger partial charge is 0.190 e. The molecule has 136 valence electrons. The normalized spacial score (nSPS) is 21.5. The number of piperidine rings is 1. The summed E-state index contributed by atoms with van der Waals surface area (Å²) in [7, 11) is 1.84. The summed E-state index contributed by atoms with van der Waals surface area (Å²) in [6, 6.07) is 0. The maximum absolute atomic E-state index is 5.79. The average molecular weight is 327 g/mol. The number of nitrogens with one attached hydrogen (secondary N) is 2. The van der Waals surface area contributed by atoms with E-state index in [-0.39, 0.29) is 0 Å². The van der Waals surface area contributed by atoms with E-state index < -0.39 is 0 Å². The molecule has 1 aliphatic rings. The molecule has 23 heavy (non-hydrogen) atoms. The monoisotopic (exact) mass is 326 g/mol. The highest BCUT2D eigenvalue weighted by Gasteiger charge is 2.19. The molecule has 5 heteroatoms. The first-order valence-corrected chi connectivity index (χ1v) is 9.39. The minimum atomic E-state index is 0.321. The summed E-state index contributed by atoms with van der Waals surface area (Å²) in [5, 5.41) is 6.91. The minimum Gasteiger partial charge on any atom is -0.378 e. The fraction of sp³-hybridized carbons (Fsp3) is 0.944. The first-order valence-electron chi connectivity index (χ1n) is 9.39. The van der Waals surface area contributed by atoms with Gasteiger partial charge in [-0.1, -0.05) is 20.8 Å². The lowest BCUT2D eigenvalue weighted by Crippen LogP contribution is -2.45. The van der Waals surface area contributed by atoms with Crippen LogP contribution in [0, 0.1) is 11.8 Å². The third-order valence-electron chi connectivity index (χ3n) is 4.68. The molecule has 2 N–H and O–H groups in total. The van der Waals surface area contributed by atoms with Gasteiger partial charge in [-0.15, -0.1) is 0 Å². The first kappa shape index (κ1) is 20.2. The zero-order valence-electron chi connectivity index (χ0n) is 15.9. The van der Waals surface area contributed by atoms with Gasteiger partial charge in [-0.3, -0.25) is 4.99 Å². The molecule has 0 aliphatic carbocycles. The Balaban J connectivity index is 2.26. The Hall–Kier alpha value is -0.810. The molecule has 0 amide bonds. The third kappa shape index (κ3) is 8.02. The topological polar surface area (TPSA) is 48.9 Å². The molecule has 1 fully saturated rings. The molecule has 2 unspecified atom stereocenters. The van der Waals surface area contributed by atoms with Crippen LogP contribution in [0.1, 0.15) is 47.0 Å². The average Bonchev–Trinajstić information content (AvgIpc) is 2.56. The van der Waals surface area contributed by atoms with Crippen LogP contribution in [-0.4, -0.2) is 63.3 Å². The van der Waals surface area contributed by atoms with E-state index in [4.69, 9.17) is 4.74 Å². The number of hydrogen-bond acceptors (Lipinski definition) is 3. The summed E-state index contributed by atoms with van der Waals surface area (Å²) in [5.74, 6) is 2.20. The maximum atomic E-state index is 5.79. The number of nitrogens with zero attached hydrogens (tertiary/aromatic N) is 2. The molecule has 0 aromatic rings. The molecular formula is C18H38N4O. The maximum Gasteiger partial charge on any atom is 0.190 e. The van der Waals surface area contributed by atoms with Crippen molar-refractivity contribution in [3.8, 4) is 0 Å². The Kier molecular flexibility index (Phi) is 10.3. The molecule has 1 heterocycles. The van der Waals surface area contributed by atoms with Crippen molar-refractivity contribution in [2.75, 3.05) is 46.4 Å². The van der Waals surface area contributed by atoms with E-state index in [1.165, 1.54) is 25.9 Å². The first-order chi connectivity index (χ1) is 11.1. The number of rotatable bonds is 9. The highest BCUT2D eigenvalue weighted by atomic mass is 16.5. The fourth-order valence-corrected chi connectivity index (χ4v) is 3.22. The second-order valence-corrected chi connectivity index (χ2v) is 6.81. The molecular weight excluding hydrogens is 288 g/mol. The Labute approximate surface area is 143 Å². The Bertz CT molecular complexity index is 333. The number of guanidine groups is 1. The van der Waals surface area contributed by atoms with Gasteiger partial charge in [0.05, 0.1) is 6.10 Å². The van der Waals surface area contributed by atoms with Gasteiger partial charge in [0.2, 0.25) is 0 Å². The van der Waals surface area contributed by atoms with Crippen molar-refractivity contribution < 1.29 is 4.74 Å². The van der Waals surface area contributed by atoms with Crippen molar-refractivity contribution in [1.82, 2.24) is 15.5 Å². The Morgan fingerprint density at radius 1 is 1.30 bits per heavy atom. The van der Waals surface area contributed by atoms with Crippen LogP contribution in [0.3, 0.4) is 0 Å². The summed E-state index contributed by atoms with van der Waals surface area (Å²) in [4.78, 5) is 6.88. The summed E-state index contributed by atoms with van der Waals surface area (Å²) in [6.45, 7) is 15.1. The highest BCUT2D eigenvalue weighted by Crippen LogP contribution is 2.15. The molecule has 0 aromatic carbocycles. The summed E-state index contributed by atoms with van der Waals surface area (Å²) in [5.41, 5.74) is 0. The molecule has 1 rings (SSSR count). The van der Waals surface area contributed by atoms with Crippen molar-refractivity contribution >= 4 is 5.96 Å². The lowest BCUT2D eigenvalue weighted by Gasteiger charge is -2.32. The summed E-state index contributed by atoms with van der Waals surface area (Å²) in [6.07, 6.45) is 3.97. The molecule has 0 aromatic heterocycles. The zero-order valence-corrected chi connectivity index (χ0v) is 15.9. The second-order valence-electron chi connectivity index (χ2n) is 6.81. The predicted octanol–water partition coefficient (Wildman–Crippen LogP) is 2.33. The predicted molar refractivity (Wildman–Crippen MR) is 99.1 cm³/mol. The van der Waals surface area contributed by atoms with Gasteiger partial charge >= 0.3 is 0 Å². The molecule has 2 atom stereocenters. The minimum absolute atomic E-state index is 0.321. The Morgan fingerprint density at radius 3 is 2.70 bits per heavy atom. The van der Waals surface area contributed by atoms with Crippen molar-refractivity contribution in [2.24, 2.45) is 16.8 Å². The van der Waals surface area contributed by atoms with Gasteiger partial charge in [-0.05, 0) is 51.1 Å². The molecule has 1 saturated heterocycles. The summed E-state index contributed by atoms with van der Waals surface area (Å²) >= 11 is 0. The van der Waals surface area contributed by atoms with Crippen molar-refractivity contribution in [3.05, 3.63) is 0 Å². The van der Waals surface area contributed by atoms with Crippen LogP contribution >= 0.6 is 0 Å². The molecule has 0 spiro atoms. The third-order valence-corrected chi connectivity index (χ3v) is 4.68. The van der Waals surface area contributed by atoms with Gasteiger partial charge in [0.25, 0.3) is 0 Å². The summed E-state index contributed by atoms with van der Waals surface area (Å²) < 4.78 is 5.79. The van der Waals surface area contributed by atoms with E-state index in [9.17, 15) is 0 Å². The van der Waals surface area contributed by atoms with Gasteiger partial charge < -0.3 is 20.3 Å². The van der Waals surface area contributed by atoms with Crippen LogP contribution in [-0.2, 0) is 4.74 Å². The molecule has 5 nitrogen and oxygen atoms in total. The SMILES string of the molecule is CCOC(CCNC(=NC)NCC1CCCN(CC)C1)C(C)C. The van der Waals surface area contributed by atoms with Gasteiger partial charge in [0, 0.05) is 33.3 Å². The van der Waals surface area contributed by atoms with Crippen molar-refractivity contribution in [2.45, 2.75) is 53.1 Å². The second kappa shape index (κ2) is 11.7. The quantitative estimate of drug-likeness (QED) is 0.504. The van der Waals surface area contributed by atoms with Crippen LogP contribution in [0.25, 0.3) is 0 Å². The standard InChI is InChI=1S/C18H38N4O/c1-6-22-12-8-9-16(14-22)13-21-18(19-5)20-11-10-17(15(3)4)23-7-2/h15-17H,6-14H2,1-5H3,(H2,19,20,21). The van der Waals surface area contributed by atoms with Gasteiger partial charge in [-0.2, -0.15) is 0 Å². The van der Waals surface area contributed by atoms with E-state index in [2.05, 4.69) is 48.2 Å². The van der Waals surface area contributed by atoms with E-state index >= 15 is 0 Å². The number of hydrogen-bond donors (Lipinski definition) is 2. The lowest BCUT2D eigenvalue weighted by molar-refractivity contribution is 0.0258. The van der Waals surface area contributed by atoms with Crippen LogP contribution in [0.5, 0.6) is 0 Å². The van der Waals surface area contributed by atoms with E-state index in [0.717, 1.165) is 44.5 Å². The van der Waals surface area contributed by atoms with Gasteiger partial charge in [0.15, 0.2) is 5.96 Å². The van der Waals surface area contributed by atoms with Crippen molar-refractivity contribution in [1.29, 1.82) is 0 Å². The van der Waals surface area contributed by atoms with Crippen molar-refractivity contribution in [3.63, 3.8) is 0 Å². The van der Waals surface area contributed by atoms with E-state index in [1.807, 2.05) is 7.05 Å². The van der Waals surface area contributed by atoms with E-state index in [0.29, 0.717) is 12.0 Å². The molecule has 0 radical (unpaired) electrons. The van der Waals surface area contributed by atoms with Crippen LogP contribution < -0.4 is 10.6 Å². The number of ether oxygens (including phenoxy) is 1. The van der Waals surface area contributed by atoms with Crippen LogP contribution in [0.2, 0.25) is 0 Å². The van der Waals surface area contributed by atoms with Gasteiger partial charge in [0.1, 0.15) is 0 Å². The largest absolute Gasteiger partial charge is 0.378 e. The van der Waals surface area contributed by atoms with Crippen LogP contribution in [0.4, 0.5) is 0 Å². The van der Waals surface area contributed by atoms with E-state index in [1.54, 1.807) is 0 Å².